The van der Waals surface area contributed by atoms with E-state index in [0.717, 1.165) is 5.56 Å². The molecule has 4 amide bonds. The Hall–Kier alpha value is -3.80. The number of carbonyl (C=O) groups excluding carboxylic acids is 4. The molecule has 0 radical (unpaired) electrons. The number of benzene rings is 2. The van der Waals surface area contributed by atoms with Gasteiger partial charge in [0.1, 0.15) is 29.9 Å². The van der Waals surface area contributed by atoms with E-state index in [1.54, 1.807) is 30.3 Å². The van der Waals surface area contributed by atoms with Gasteiger partial charge in [0.25, 0.3) is 5.91 Å². The molecule has 0 spiro atoms. The van der Waals surface area contributed by atoms with Crippen LogP contribution in [0.1, 0.15) is 18.4 Å². The second-order valence-electron chi connectivity index (χ2n) is 8.35. The van der Waals surface area contributed by atoms with Gasteiger partial charge in [-0.15, -0.1) is 11.8 Å². The Morgan fingerprint density at radius 2 is 1.86 bits per heavy atom. The van der Waals surface area contributed by atoms with Crippen LogP contribution >= 0.6 is 11.8 Å². The highest BCUT2D eigenvalue weighted by Gasteiger charge is 2.57. The Morgan fingerprint density at radius 3 is 2.64 bits per heavy atom. The molecular weight excluding hydrogens is 493 g/mol. The van der Waals surface area contributed by atoms with Gasteiger partial charge < -0.3 is 24.4 Å². The van der Waals surface area contributed by atoms with Crippen molar-refractivity contribution < 1.29 is 37.8 Å². The molecule has 0 aromatic heterocycles. The van der Waals surface area contributed by atoms with Crippen molar-refractivity contribution in [2.24, 2.45) is 0 Å². The Balaban J connectivity index is 1.16. The third-order valence-electron chi connectivity index (χ3n) is 6.09. The van der Waals surface area contributed by atoms with Crippen LogP contribution in [-0.2, 0) is 24.0 Å². The molecule has 3 aliphatic heterocycles. The zero-order chi connectivity index (χ0) is 25.3. The minimum absolute atomic E-state index is 0.213. The number of thioether (sulfide) groups is 1. The third kappa shape index (κ3) is 4.55. The molecule has 2 atom stereocenters. The van der Waals surface area contributed by atoms with E-state index in [9.17, 15) is 23.6 Å². The van der Waals surface area contributed by atoms with E-state index in [1.807, 2.05) is 0 Å². The van der Waals surface area contributed by atoms with Crippen LogP contribution in [-0.4, -0.2) is 60.3 Å². The maximum absolute atomic E-state index is 13.4. The van der Waals surface area contributed by atoms with Gasteiger partial charge in [0.05, 0.1) is 0 Å². The normalized spacial score (nSPS) is 22.1. The molecule has 2 N–H and O–H groups in total. The van der Waals surface area contributed by atoms with Crippen molar-refractivity contribution in [3.05, 3.63) is 53.8 Å². The summed E-state index contributed by atoms with van der Waals surface area (Å²) in [5, 5.41) is 4.59. The zero-order valence-electron chi connectivity index (χ0n) is 19.0. The van der Waals surface area contributed by atoms with Crippen molar-refractivity contribution in [1.29, 1.82) is 0 Å². The van der Waals surface area contributed by atoms with Crippen LogP contribution in [0.25, 0.3) is 0 Å². The molecule has 0 saturated carbocycles. The Labute approximate surface area is 209 Å². The minimum Gasteiger partial charge on any atom is -0.486 e. The number of imide groups is 1. The highest BCUT2D eigenvalue weighted by atomic mass is 32.2. The first kappa shape index (κ1) is 23.9. The maximum atomic E-state index is 13.4. The van der Waals surface area contributed by atoms with Crippen LogP contribution in [0.4, 0.5) is 14.9 Å². The molecule has 5 rings (SSSR count). The minimum atomic E-state index is -0.894. The number of amides is 4. The van der Waals surface area contributed by atoms with E-state index in [2.05, 4.69) is 10.6 Å². The van der Waals surface area contributed by atoms with E-state index in [-0.39, 0.29) is 18.1 Å². The average Bonchev–Trinajstić information content (AvgIpc) is 3.42. The fraction of sp³-hybridized carbons (Fsp3) is 0.333. The van der Waals surface area contributed by atoms with Gasteiger partial charge in [-0.25, -0.2) is 14.0 Å². The number of nitrogens with one attached hydrogen (secondary N) is 2. The van der Waals surface area contributed by atoms with E-state index < -0.39 is 41.2 Å². The van der Waals surface area contributed by atoms with E-state index in [0.29, 0.717) is 36.8 Å². The number of hydrogen-bond acceptors (Lipinski definition) is 8. The summed E-state index contributed by atoms with van der Waals surface area (Å²) in [6.45, 7) is 0.131. The number of esters is 1. The number of urea groups is 1. The summed E-state index contributed by atoms with van der Waals surface area (Å²) in [5.74, 6) is -0.884. The van der Waals surface area contributed by atoms with Crippen LogP contribution in [0.5, 0.6) is 11.5 Å². The fourth-order valence-electron chi connectivity index (χ4n) is 4.51. The molecule has 0 aliphatic carbocycles. The number of ether oxygens (including phenoxy) is 3. The lowest BCUT2D eigenvalue weighted by molar-refractivity contribution is -0.156. The van der Waals surface area contributed by atoms with E-state index in [4.69, 9.17) is 14.2 Å². The predicted octanol–water partition coefficient (Wildman–Crippen LogP) is 2.38. The Bertz CT molecular complexity index is 1220. The lowest BCUT2D eigenvalue weighted by Gasteiger charge is -2.33. The molecule has 36 heavy (non-hydrogen) atoms. The van der Waals surface area contributed by atoms with Crippen LogP contribution in [0.3, 0.4) is 0 Å². The van der Waals surface area contributed by atoms with Crippen molar-refractivity contribution in [3.63, 3.8) is 0 Å². The number of nitrogens with zero attached hydrogens (tertiary/aromatic N) is 1. The zero-order valence-corrected chi connectivity index (χ0v) is 19.8. The van der Waals surface area contributed by atoms with Gasteiger partial charge in [-0.1, -0.05) is 12.1 Å². The second kappa shape index (κ2) is 9.69. The van der Waals surface area contributed by atoms with Crippen LogP contribution in [0.2, 0.25) is 0 Å². The number of fused-ring (bicyclic) bond motifs is 2. The van der Waals surface area contributed by atoms with Crippen molar-refractivity contribution in [2.45, 2.75) is 23.8 Å². The van der Waals surface area contributed by atoms with Crippen LogP contribution < -0.4 is 20.1 Å². The lowest BCUT2D eigenvalue weighted by Crippen LogP contribution is -2.47. The molecule has 2 aromatic carbocycles. The van der Waals surface area contributed by atoms with Crippen molar-refractivity contribution in [2.75, 3.05) is 30.9 Å². The molecule has 2 aromatic rings. The monoisotopic (exact) mass is 515 g/mol. The number of halogens is 1. The summed E-state index contributed by atoms with van der Waals surface area (Å²) >= 11 is 1.41. The Kier molecular flexibility index (Phi) is 6.44. The van der Waals surface area contributed by atoms with E-state index >= 15 is 0 Å². The SMILES string of the molecule is O=C(COC(=O)[C@H]1CS[C@]2(c3ccc(F)cc3)CCC(=O)N12)NC(=O)Nc1ccc2c(c1)OCCO2. The molecule has 0 bridgehead atoms. The van der Waals surface area contributed by atoms with E-state index in [1.165, 1.54) is 28.8 Å². The third-order valence-corrected chi connectivity index (χ3v) is 7.69. The predicted molar refractivity (Wildman–Crippen MR) is 126 cm³/mol. The maximum Gasteiger partial charge on any atom is 0.330 e. The molecule has 2 fully saturated rings. The average molecular weight is 516 g/mol. The van der Waals surface area contributed by atoms with Gasteiger partial charge in [0, 0.05) is 23.9 Å². The molecule has 12 heteroatoms. The second-order valence-corrected chi connectivity index (χ2v) is 9.65. The lowest BCUT2D eigenvalue weighted by atomic mass is 10.0. The van der Waals surface area contributed by atoms with Gasteiger partial charge >= 0.3 is 12.0 Å². The van der Waals surface area contributed by atoms with Gasteiger partial charge in [-0.05, 0) is 36.2 Å². The highest BCUT2D eigenvalue weighted by Crippen LogP contribution is 2.54. The summed E-state index contributed by atoms with van der Waals surface area (Å²) in [7, 11) is 0. The van der Waals surface area contributed by atoms with Gasteiger partial charge in [-0.2, -0.15) is 0 Å². The molecule has 2 saturated heterocycles. The van der Waals surface area contributed by atoms with Crippen molar-refractivity contribution in [1.82, 2.24) is 10.2 Å². The van der Waals surface area contributed by atoms with Crippen molar-refractivity contribution in [3.8, 4) is 11.5 Å². The quantitative estimate of drug-likeness (QED) is 0.582. The Morgan fingerprint density at radius 1 is 1.11 bits per heavy atom. The summed E-state index contributed by atoms with van der Waals surface area (Å²) < 4.78 is 29.4. The molecule has 188 valence electrons. The first-order valence-corrected chi connectivity index (χ1v) is 12.2. The number of anilines is 1. The van der Waals surface area contributed by atoms with Crippen LogP contribution in [0.15, 0.2) is 42.5 Å². The number of carbonyl (C=O) groups is 4. The first-order valence-electron chi connectivity index (χ1n) is 11.2. The molecule has 10 nitrogen and oxygen atoms in total. The summed E-state index contributed by atoms with van der Waals surface area (Å²) in [6, 6.07) is 8.94. The fourth-order valence-corrected chi connectivity index (χ4v) is 6.14. The standard InChI is InChI=1S/C24H22FN3O7S/c25-15-3-1-14(2-4-15)24-8-7-21(30)28(24)17(13-36-24)22(31)35-12-20(29)27-23(32)26-16-5-6-18-19(11-16)34-10-9-33-18/h1-6,11,17H,7-10,12-13H2,(H2,26,27,29,32)/t17-,24+/m1/s1. The molecule has 3 heterocycles. The van der Waals surface area contributed by atoms with Gasteiger partial charge in [0.2, 0.25) is 5.91 Å². The van der Waals surface area contributed by atoms with Crippen LogP contribution in [0, 0.1) is 5.82 Å². The smallest absolute Gasteiger partial charge is 0.330 e. The first-order chi connectivity index (χ1) is 17.4. The summed E-state index contributed by atoms with van der Waals surface area (Å²) in [6.07, 6.45) is 0.723. The molecule has 0 unspecified atom stereocenters. The van der Waals surface area contributed by atoms with Gasteiger partial charge in [0.15, 0.2) is 18.1 Å². The number of hydrogen-bond donors (Lipinski definition) is 2. The molecular formula is C24H22FN3O7S. The molecule has 3 aliphatic rings. The number of rotatable bonds is 5. The highest BCUT2D eigenvalue weighted by molar-refractivity contribution is 8.00. The topological polar surface area (TPSA) is 123 Å². The summed E-state index contributed by atoms with van der Waals surface area (Å²) in [4.78, 5) is 50.5. The summed E-state index contributed by atoms with van der Waals surface area (Å²) in [5.41, 5.74) is 1.11. The van der Waals surface area contributed by atoms with Gasteiger partial charge in [-0.3, -0.25) is 14.9 Å². The van der Waals surface area contributed by atoms with Crippen molar-refractivity contribution >= 4 is 41.3 Å². The largest absolute Gasteiger partial charge is 0.486 e.